The van der Waals surface area contributed by atoms with Gasteiger partial charge in [-0.05, 0) is 36.6 Å². The highest BCUT2D eigenvalue weighted by atomic mass is 16.5. The van der Waals surface area contributed by atoms with E-state index < -0.39 is 18.0 Å². The van der Waals surface area contributed by atoms with Crippen LogP contribution in [0.3, 0.4) is 0 Å². The molecule has 0 aliphatic heterocycles. The van der Waals surface area contributed by atoms with Gasteiger partial charge in [-0.3, -0.25) is 19.7 Å². The average Bonchev–Trinajstić information content (AvgIpc) is 3.28. The van der Waals surface area contributed by atoms with Crippen molar-refractivity contribution in [3.8, 4) is 0 Å². The summed E-state index contributed by atoms with van der Waals surface area (Å²) in [6.45, 7) is 0.399. The van der Waals surface area contributed by atoms with Gasteiger partial charge < -0.3 is 20.4 Å². The molecule has 0 aliphatic carbocycles. The Morgan fingerprint density at radius 3 is 2.46 bits per heavy atom. The lowest BCUT2D eigenvalue weighted by Crippen LogP contribution is -2.52. The highest BCUT2D eigenvalue weighted by Crippen LogP contribution is 2.19. The summed E-state index contributed by atoms with van der Waals surface area (Å²) >= 11 is 0. The molecule has 0 spiro atoms. The van der Waals surface area contributed by atoms with Gasteiger partial charge in [0.05, 0.1) is 7.11 Å². The van der Waals surface area contributed by atoms with Crippen LogP contribution in [0.15, 0.2) is 60.8 Å². The number of unbranched alkanes of at least 4 members (excludes halogenated alkanes) is 2. The number of carbonyl (C=O) groups excluding carboxylic acids is 4. The Labute approximate surface area is 203 Å². The highest BCUT2D eigenvalue weighted by molar-refractivity contribution is 6.05. The third-order valence-corrected chi connectivity index (χ3v) is 5.57. The lowest BCUT2D eigenvalue weighted by Gasteiger charge is -2.18. The first kappa shape index (κ1) is 25.5. The van der Waals surface area contributed by atoms with Gasteiger partial charge in [0.1, 0.15) is 6.04 Å². The summed E-state index contributed by atoms with van der Waals surface area (Å²) in [5, 5.41) is 8.71. The van der Waals surface area contributed by atoms with E-state index in [4.69, 9.17) is 0 Å². The number of para-hydroxylation sites is 1. The van der Waals surface area contributed by atoms with Crippen molar-refractivity contribution in [2.75, 3.05) is 13.7 Å². The van der Waals surface area contributed by atoms with E-state index in [1.165, 1.54) is 7.11 Å². The summed E-state index contributed by atoms with van der Waals surface area (Å²) in [7, 11) is 1.35. The largest absolute Gasteiger partial charge is 0.469 e. The molecule has 4 amide bonds. The maximum Gasteiger partial charge on any atom is 0.322 e. The Morgan fingerprint density at radius 2 is 1.69 bits per heavy atom. The Morgan fingerprint density at radius 1 is 0.943 bits per heavy atom. The molecule has 0 bridgehead atoms. The minimum absolute atomic E-state index is 0.241. The van der Waals surface area contributed by atoms with E-state index >= 15 is 0 Å². The van der Waals surface area contributed by atoms with Gasteiger partial charge in [0.25, 0.3) is 5.91 Å². The first-order valence-electron chi connectivity index (χ1n) is 11.5. The van der Waals surface area contributed by atoms with Crippen molar-refractivity contribution in [3.63, 3.8) is 0 Å². The van der Waals surface area contributed by atoms with Crippen LogP contribution >= 0.6 is 0 Å². The summed E-state index contributed by atoms with van der Waals surface area (Å²) in [6, 6.07) is 14.4. The van der Waals surface area contributed by atoms with Crippen molar-refractivity contribution >= 4 is 34.7 Å². The molecule has 0 aliphatic rings. The van der Waals surface area contributed by atoms with Gasteiger partial charge in [0.2, 0.25) is 5.91 Å². The normalized spacial score (nSPS) is 11.5. The number of amides is 4. The van der Waals surface area contributed by atoms with Gasteiger partial charge in [0.15, 0.2) is 0 Å². The smallest absolute Gasteiger partial charge is 0.322 e. The maximum absolute atomic E-state index is 13.0. The van der Waals surface area contributed by atoms with Gasteiger partial charge in [-0.25, -0.2) is 4.79 Å². The van der Waals surface area contributed by atoms with E-state index in [0.29, 0.717) is 31.4 Å². The third kappa shape index (κ3) is 7.70. The number of urea groups is 1. The number of imide groups is 1. The van der Waals surface area contributed by atoms with Crippen LogP contribution in [0, 0.1) is 0 Å². The van der Waals surface area contributed by atoms with Crippen molar-refractivity contribution in [1.82, 2.24) is 20.9 Å². The first-order valence-corrected chi connectivity index (χ1v) is 11.5. The van der Waals surface area contributed by atoms with Crippen molar-refractivity contribution in [2.45, 2.75) is 38.1 Å². The Hall–Kier alpha value is -4.14. The number of esters is 1. The second kappa shape index (κ2) is 12.9. The molecule has 1 aromatic heterocycles. The summed E-state index contributed by atoms with van der Waals surface area (Å²) in [5.41, 5.74) is 2.14. The zero-order valence-corrected chi connectivity index (χ0v) is 19.6. The number of fused-ring (bicyclic) bond motifs is 1. The molecule has 1 atom stereocenters. The van der Waals surface area contributed by atoms with E-state index in [2.05, 4.69) is 25.7 Å². The van der Waals surface area contributed by atoms with Crippen LogP contribution in [0.4, 0.5) is 4.79 Å². The standard InChI is InChI=1S/C26H30N4O5/c1-35-23(31)14-6-3-9-15-27-25(33)22(16-19-17-28-21-13-8-7-12-20(19)21)29-26(34)30-24(32)18-10-4-2-5-11-18/h2,4-5,7-8,10-13,17,22,28H,3,6,9,14-16H2,1H3,(H,27,33)(H2,29,30,32,34)/t22-/m0/s1. The molecule has 0 unspecified atom stereocenters. The van der Waals surface area contributed by atoms with Crippen LogP contribution in [0.1, 0.15) is 41.6 Å². The second-order valence-corrected chi connectivity index (χ2v) is 8.09. The monoisotopic (exact) mass is 478 g/mol. The lowest BCUT2D eigenvalue weighted by atomic mass is 10.0. The van der Waals surface area contributed by atoms with Crippen LogP contribution in [0.2, 0.25) is 0 Å². The molecule has 4 N–H and O–H groups in total. The molecular weight excluding hydrogens is 448 g/mol. The number of nitrogens with one attached hydrogen (secondary N) is 4. The minimum Gasteiger partial charge on any atom is -0.469 e. The Balaban J connectivity index is 1.61. The van der Waals surface area contributed by atoms with Crippen molar-refractivity contribution < 1.29 is 23.9 Å². The fraction of sp³-hybridized carbons (Fsp3) is 0.308. The number of methoxy groups -OCH3 is 1. The third-order valence-electron chi connectivity index (χ3n) is 5.57. The first-order chi connectivity index (χ1) is 17.0. The summed E-state index contributed by atoms with van der Waals surface area (Å²) in [4.78, 5) is 52.2. The minimum atomic E-state index is -0.896. The van der Waals surface area contributed by atoms with Gasteiger partial charge in [-0.1, -0.05) is 42.8 Å². The molecule has 35 heavy (non-hydrogen) atoms. The predicted molar refractivity (Wildman–Crippen MR) is 132 cm³/mol. The molecule has 9 nitrogen and oxygen atoms in total. The number of hydrogen-bond acceptors (Lipinski definition) is 5. The molecule has 9 heteroatoms. The molecule has 2 aromatic carbocycles. The number of benzene rings is 2. The maximum atomic E-state index is 13.0. The summed E-state index contributed by atoms with van der Waals surface area (Å²) in [5.74, 6) is -1.17. The van der Waals surface area contributed by atoms with E-state index in [-0.39, 0.29) is 18.3 Å². The zero-order valence-electron chi connectivity index (χ0n) is 19.6. The number of H-pyrrole nitrogens is 1. The predicted octanol–water partition coefficient (Wildman–Crippen LogP) is 3.07. The lowest BCUT2D eigenvalue weighted by molar-refractivity contribution is -0.140. The molecule has 0 saturated heterocycles. The van der Waals surface area contributed by atoms with E-state index in [1.54, 1.807) is 30.3 Å². The van der Waals surface area contributed by atoms with Gasteiger partial charge in [-0.15, -0.1) is 0 Å². The summed E-state index contributed by atoms with van der Waals surface area (Å²) in [6.07, 6.45) is 4.50. The SMILES string of the molecule is COC(=O)CCCCCNC(=O)[C@H](Cc1c[nH]c2ccccc12)NC(=O)NC(=O)c1ccccc1. The molecule has 1 heterocycles. The van der Waals surface area contributed by atoms with E-state index in [9.17, 15) is 19.2 Å². The quantitative estimate of drug-likeness (QED) is 0.249. The van der Waals surface area contributed by atoms with E-state index in [0.717, 1.165) is 22.9 Å². The van der Waals surface area contributed by atoms with Crippen LogP contribution in [-0.2, 0) is 20.7 Å². The van der Waals surface area contributed by atoms with E-state index in [1.807, 2.05) is 30.5 Å². The number of carbonyl (C=O) groups is 4. The highest BCUT2D eigenvalue weighted by Gasteiger charge is 2.23. The Kier molecular flexibility index (Phi) is 9.41. The zero-order chi connectivity index (χ0) is 25.0. The van der Waals surface area contributed by atoms with Crippen LogP contribution in [0.25, 0.3) is 10.9 Å². The summed E-state index contributed by atoms with van der Waals surface area (Å²) < 4.78 is 4.62. The van der Waals surface area contributed by atoms with Crippen molar-refractivity contribution in [3.05, 3.63) is 71.9 Å². The van der Waals surface area contributed by atoms with Gasteiger partial charge in [-0.2, -0.15) is 0 Å². The van der Waals surface area contributed by atoms with Crippen LogP contribution in [0.5, 0.6) is 0 Å². The van der Waals surface area contributed by atoms with Gasteiger partial charge >= 0.3 is 12.0 Å². The van der Waals surface area contributed by atoms with Crippen molar-refractivity contribution in [2.24, 2.45) is 0 Å². The molecule has 3 rings (SSSR count). The number of aromatic nitrogens is 1. The molecule has 0 fully saturated rings. The van der Waals surface area contributed by atoms with Gasteiger partial charge in [0, 0.05) is 42.0 Å². The molecule has 0 radical (unpaired) electrons. The molecule has 184 valence electrons. The topological polar surface area (TPSA) is 129 Å². The number of hydrogen-bond donors (Lipinski definition) is 4. The van der Waals surface area contributed by atoms with Crippen molar-refractivity contribution in [1.29, 1.82) is 0 Å². The second-order valence-electron chi connectivity index (χ2n) is 8.09. The van der Waals surface area contributed by atoms with Crippen LogP contribution in [-0.4, -0.2) is 48.5 Å². The Bertz CT molecular complexity index is 1160. The fourth-order valence-electron chi connectivity index (χ4n) is 3.70. The average molecular weight is 479 g/mol. The molecule has 3 aromatic rings. The number of ether oxygens (including phenoxy) is 1. The molecule has 0 saturated carbocycles. The number of rotatable bonds is 11. The van der Waals surface area contributed by atoms with Crippen LogP contribution < -0.4 is 16.0 Å². The number of aromatic amines is 1. The fourth-order valence-corrected chi connectivity index (χ4v) is 3.70. The molecular formula is C26H30N4O5.